The third kappa shape index (κ3) is 3.91. The summed E-state index contributed by atoms with van der Waals surface area (Å²) in [7, 11) is 0. The lowest BCUT2D eigenvalue weighted by Crippen LogP contribution is -2.35. The second-order valence-electron chi connectivity index (χ2n) is 6.23. The van der Waals surface area contributed by atoms with Crippen molar-refractivity contribution >= 4 is 28.5 Å². The van der Waals surface area contributed by atoms with Crippen LogP contribution in [0.3, 0.4) is 0 Å². The Morgan fingerprint density at radius 2 is 1.85 bits per heavy atom. The first-order valence-corrected chi connectivity index (χ1v) is 8.68. The number of carbonyl (C=O) groups is 2. The Balaban J connectivity index is 1.63. The smallest absolute Gasteiger partial charge is 0.243 e. The number of benzene rings is 2. The molecule has 2 amide bonds. The number of hydrogen-bond acceptors (Lipinski definition) is 3. The van der Waals surface area contributed by atoms with Crippen molar-refractivity contribution in [3.63, 3.8) is 0 Å². The maximum atomic E-state index is 12.0. The molecule has 0 radical (unpaired) electrons. The average molecular weight is 350 g/mol. The van der Waals surface area contributed by atoms with Gasteiger partial charge in [-0.2, -0.15) is 0 Å². The summed E-state index contributed by atoms with van der Waals surface area (Å²) in [5, 5.41) is 5.43. The fourth-order valence-corrected chi connectivity index (χ4v) is 2.60. The van der Waals surface area contributed by atoms with Gasteiger partial charge in [-0.25, -0.2) is 4.98 Å². The van der Waals surface area contributed by atoms with Crippen LogP contribution in [-0.4, -0.2) is 27.9 Å². The highest BCUT2D eigenvalue weighted by atomic mass is 16.2. The lowest BCUT2D eigenvalue weighted by atomic mass is 10.1. The third-order valence-electron chi connectivity index (χ3n) is 4.37. The molecular weight excluding hydrogens is 328 g/mol. The minimum atomic E-state index is -0.248. The van der Waals surface area contributed by atoms with Crippen LogP contribution in [0.5, 0.6) is 0 Å². The van der Waals surface area contributed by atoms with Crippen LogP contribution in [-0.2, 0) is 9.59 Å². The van der Waals surface area contributed by atoms with Crippen molar-refractivity contribution in [2.75, 3.05) is 11.9 Å². The molecule has 1 atom stereocenters. The number of imidazole rings is 1. The van der Waals surface area contributed by atoms with E-state index in [0.29, 0.717) is 5.69 Å². The lowest BCUT2D eigenvalue weighted by molar-refractivity contribution is -0.126. The molecule has 0 spiro atoms. The zero-order chi connectivity index (χ0) is 18.5. The second kappa shape index (κ2) is 7.82. The maximum absolute atomic E-state index is 12.0. The molecule has 0 aliphatic rings. The average Bonchev–Trinajstić information content (AvgIpc) is 3.10. The topological polar surface area (TPSA) is 76.0 Å². The highest BCUT2D eigenvalue weighted by Gasteiger charge is 2.11. The largest absolute Gasteiger partial charge is 0.347 e. The van der Waals surface area contributed by atoms with E-state index in [1.54, 1.807) is 6.33 Å². The van der Waals surface area contributed by atoms with Gasteiger partial charge in [-0.05, 0) is 42.8 Å². The monoisotopic (exact) mass is 350 g/mol. The molecule has 2 aromatic carbocycles. The summed E-state index contributed by atoms with van der Waals surface area (Å²) in [6.45, 7) is 3.75. The molecule has 0 bridgehead atoms. The van der Waals surface area contributed by atoms with Gasteiger partial charge in [0, 0.05) is 17.3 Å². The van der Waals surface area contributed by atoms with Gasteiger partial charge in [0.1, 0.15) is 6.33 Å². The number of fused-ring (bicyclic) bond motifs is 1. The van der Waals surface area contributed by atoms with E-state index in [9.17, 15) is 9.59 Å². The first kappa shape index (κ1) is 17.7. The van der Waals surface area contributed by atoms with Crippen LogP contribution >= 0.6 is 0 Å². The van der Waals surface area contributed by atoms with Crippen molar-refractivity contribution in [3.05, 3.63) is 54.9 Å². The molecule has 1 unspecified atom stereocenters. The molecule has 1 aromatic heterocycles. The summed E-state index contributed by atoms with van der Waals surface area (Å²) < 4.78 is 1.99. The van der Waals surface area contributed by atoms with Gasteiger partial charge in [0.25, 0.3) is 0 Å². The van der Waals surface area contributed by atoms with Gasteiger partial charge >= 0.3 is 0 Å². The Kier molecular flexibility index (Phi) is 5.31. The van der Waals surface area contributed by atoms with Gasteiger partial charge in [0.2, 0.25) is 11.8 Å². The lowest BCUT2D eigenvalue weighted by Gasteiger charge is -2.11. The van der Waals surface area contributed by atoms with Crippen LogP contribution in [0.4, 0.5) is 5.69 Å². The van der Waals surface area contributed by atoms with Crippen molar-refractivity contribution < 1.29 is 9.59 Å². The van der Waals surface area contributed by atoms with Gasteiger partial charge < -0.3 is 10.6 Å². The van der Waals surface area contributed by atoms with Crippen molar-refractivity contribution in [2.45, 2.75) is 20.3 Å². The number of anilines is 1. The Hall–Kier alpha value is -3.15. The molecule has 0 fully saturated rings. The molecule has 2 N–H and O–H groups in total. The fourth-order valence-electron chi connectivity index (χ4n) is 2.60. The van der Waals surface area contributed by atoms with E-state index < -0.39 is 0 Å². The van der Waals surface area contributed by atoms with Gasteiger partial charge in [-0.15, -0.1) is 0 Å². The van der Waals surface area contributed by atoms with Gasteiger partial charge in [-0.3, -0.25) is 14.2 Å². The molecule has 0 saturated heterocycles. The van der Waals surface area contributed by atoms with E-state index in [-0.39, 0.29) is 24.3 Å². The first-order chi connectivity index (χ1) is 12.6. The maximum Gasteiger partial charge on any atom is 0.243 e. The summed E-state index contributed by atoms with van der Waals surface area (Å²) in [5.41, 5.74) is 3.60. The SMILES string of the molecule is CCC(C)C(=O)NCC(=O)Nc1ccc(-n2cnc3ccccc32)cc1. The predicted octanol–water partition coefficient (Wildman–Crippen LogP) is 3.13. The number of nitrogens with zero attached hydrogens (tertiary/aromatic N) is 2. The van der Waals surface area contributed by atoms with E-state index in [2.05, 4.69) is 15.6 Å². The fraction of sp³-hybridized carbons (Fsp3) is 0.250. The molecule has 134 valence electrons. The van der Waals surface area contributed by atoms with Crippen LogP contribution < -0.4 is 10.6 Å². The predicted molar refractivity (Wildman–Crippen MR) is 102 cm³/mol. The Bertz CT molecular complexity index is 915. The van der Waals surface area contributed by atoms with Crippen LogP contribution in [0.2, 0.25) is 0 Å². The van der Waals surface area contributed by atoms with Gasteiger partial charge in [0.05, 0.1) is 17.6 Å². The molecule has 6 nitrogen and oxygen atoms in total. The Labute approximate surface area is 152 Å². The summed E-state index contributed by atoms with van der Waals surface area (Å²) in [6.07, 6.45) is 2.53. The first-order valence-electron chi connectivity index (χ1n) is 8.68. The van der Waals surface area contributed by atoms with E-state index in [1.165, 1.54) is 0 Å². The van der Waals surface area contributed by atoms with E-state index in [4.69, 9.17) is 0 Å². The van der Waals surface area contributed by atoms with E-state index in [0.717, 1.165) is 23.1 Å². The Morgan fingerprint density at radius 3 is 2.58 bits per heavy atom. The number of aromatic nitrogens is 2. The third-order valence-corrected chi connectivity index (χ3v) is 4.37. The van der Waals surface area contributed by atoms with Crippen molar-refractivity contribution in [1.82, 2.24) is 14.9 Å². The highest BCUT2D eigenvalue weighted by Crippen LogP contribution is 2.19. The number of amides is 2. The zero-order valence-corrected chi connectivity index (χ0v) is 14.9. The summed E-state index contributed by atoms with van der Waals surface area (Å²) >= 11 is 0. The number of carbonyl (C=O) groups excluding carboxylic acids is 2. The van der Waals surface area contributed by atoms with E-state index >= 15 is 0 Å². The summed E-state index contributed by atoms with van der Waals surface area (Å²) in [5.74, 6) is -0.445. The van der Waals surface area contributed by atoms with Crippen LogP contribution in [0.1, 0.15) is 20.3 Å². The van der Waals surface area contributed by atoms with Crippen LogP contribution in [0, 0.1) is 5.92 Å². The minimum absolute atomic E-state index is 0.0307. The highest BCUT2D eigenvalue weighted by molar-refractivity contribution is 5.94. The summed E-state index contributed by atoms with van der Waals surface area (Å²) in [6, 6.07) is 15.4. The number of hydrogen-bond donors (Lipinski definition) is 2. The number of para-hydroxylation sites is 2. The van der Waals surface area contributed by atoms with Crippen LogP contribution in [0.25, 0.3) is 16.7 Å². The molecule has 26 heavy (non-hydrogen) atoms. The molecule has 3 aromatic rings. The molecule has 0 aliphatic heterocycles. The standard InChI is InChI=1S/C20H22N4O2/c1-3-14(2)20(26)21-12-19(25)23-15-8-10-16(11-9-15)24-13-22-17-6-4-5-7-18(17)24/h4-11,13-14H,3,12H2,1-2H3,(H,21,26)(H,23,25). The van der Waals surface area contributed by atoms with Gasteiger partial charge in [-0.1, -0.05) is 26.0 Å². The van der Waals surface area contributed by atoms with Crippen molar-refractivity contribution in [1.29, 1.82) is 0 Å². The molecule has 3 rings (SSSR count). The molecule has 1 heterocycles. The number of nitrogens with one attached hydrogen (secondary N) is 2. The molecule has 0 saturated carbocycles. The molecular formula is C20H22N4O2. The Morgan fingerprint density at radius 1 is 1.12 bits per heavy atom. The second-order valence-corrected chi connectivity index (χ2v) is 6.23. The van der Waals surface area contributed by atoms with Crippen molar-refractivity contribution in [2.24, 2.45) is 5.92 Å². The normalized spacial score (nSPS) is 11.9. The minimum Gasteiger partial charge on any atom is -0.347 e. The van der Waals surface area contributed by atoms with Gasteiger partial charge in [0.15, 0.2) is 0 Å². The molecule has 0 aliphatic carbocycles. The summed E-state index contributed by atoms with van der Waals surface area (Å²) in [4.78, 5) is 28.1. The van der Waals surface area contributed by atoms with Crippen LogP contribution in [0.15, 0.2) is 54.9 Å². The zero-order valence-electron chi connectivity index (χ0n) is 14.9. The molecule has 6 heteroatoms. The quantitative estimate of drug-likeness (QED) is 0.717. The van der Waals surface area contributed by atoms with E-state index in [1.807, 2.05) is 66.9 Å². The van der Waals surface area contributed by atoms with Crippen molar-refractivity contribution in [3.8, 4) is 5.69 Å². The number of rotatable bonds is 6.